The first kappa shape index (κ1) is 26.2. The van der Waals surface area contributed by atoms with Crippen molar-refractivity contribution < 1.29 is 26.8 Å². The smallest absolute Gasteiger partial charge is 0.244 e. The molecule has 0 heterocycles. The number of rotatable bonds is 11. The van der Waals surface area contributed by atoms with Crippen LogP contribution in [-0.2, 0) is 26.2 Å². The summed E-state index contributed by atoms with van der Waals surface area (Å²) in [5.41, 5.74) is 0.293. The Hall–Kier alpha value is -3.01. The van der Waals surface area contributed by atoms with Crippen molar-refractivity contribution in [3.8, 4) is 0 Å². The van der Waals surface area contributed by atoms with E-state index < -0.39 is 40.2 Å². The van der Waals surface area contributed by atoms with Gasteiger partial charge in [0.25, 0.3) is 0 Å². The minimum absolute atomic E-state index is 0.0496. The fourth-order valence-electron chi connectivity index (χ4n) is 3.32. The van der Waals surface area contributed by atoms with Crippen molar-refractivity contribution in [1.29, 1.82) is 0 Å². The molecule has 180 valence electrons. The van der Waals surface area contributed by atoms with E-state index in [1.165, 1.54) is 47.4 Å². The van der Waals surface area contributed by atoms with Gasteiger partial charge in [0, 0.05) is 13.1 Å². The highest BCUT2D eigenvalue weighted by Crippen LogP contribution is 2.22. The maximum absolute atomic E-state index is 14.4. The molecule has 0 aliphatic heterocycles. The first-order valence-electron chi connectivity index (χ1n) is 10.6. The van der Waals surface area contributed by atoms with Crippen LogP contribution in [0.3, 0.4) is 0 Å². The average Bonchev–Trinajstić information content (AvgIpc) is 2.77. The minimum atomic E-state index is -4.02. The zero-order valence-corrected chi connectivity index (χ0v) is 19.7. The summed E-state index contributed by atoms with van der Waals surface area (Å²) in [5.74, 6) is -2.32. The number of amides is 2. The van der Waals surface area contributed by atoms with E-state index in [2.05, 4.69) is 5.32 Å². The lowest BCUT2D eigenvalue weighted by molar-refractivity contribution is -0.140. The van der Waals surface area contributed by atoms with Gasteiger partial charge in [-0.2, -0.15) is 0 Å². The Bertz CT molecular complexity index is 1060. The van der Waals surface area contributed by atoms with Gasteiger partial charge < -0.3 is 10.2 Å². The largest absolute Gasteiger partial charge is 0.354 e. The van der Waals surface area contributed by atoms with Crippen molar-refractivity contribution in [3.63, 3.8) is 0 Å². The van der Waals surface area contributed by atoms with Crippen LogP contribution >= 0.6 is 0 Å². The molecule has 10 heteroatoms. The maximum Gasteiger partial charge on any atom is 0.244 e. The predicted molar refractivity (Wildman–Crippen MR) is 123 cm³/mol. The Balaban J connectivity index is 2.42. The third kappa shape index (κ3) is 7.24. The second-order valence-corrected chi connectivity index (χ2v) is 9.49. The lowest BCUT2D eigenvalue weighted by atomic mass is 10.1. The highest BCUT2D eigenvalue weighted by molar-refractivity contribution is 7.92. The van der Waals surface area contributed by atoms with Gasteiger partial charge in [0.2, 0.25) is 21.8 Å². The Kier molecular flexibility index (Phi) is 9.33. The monoisotopic (exact) mass is 481 g/mol. The Morgan fingerprint density at radius 2 is 1.67 bits per heavy atom. The lowest BCUT2D eigenvalue weighted by Crippen LogP contribution is -2.52. The number of halogens is 2. The molecule has 1 unspecified atom stereocenters. The molecule has 33 heavy (non-hydrogen) atoms. The van der Waals surface area contributed by atoms with Gasteiger partial charge >= 0.3 is 0 Å². The average molecular weight is 482 g/mol. The fraction of sp³-hybridized carbons (Fsp3) is 0.391. The number of nitrogens with one attached hydrogen (secondary N) is 1. The van der Waals surface area contributed by atoms with Gasteiger partial charge in [-0.3, -0.25) is 13.9 Å². The Morgan fingerprint density at radius 3 is 2.21 bits per heavy atom. The number of sulfonamides is 1. The molecule has 2 aromatic carbocycles. The van der Waals surface area contributed by atoms with Crippen molar-refractivity contribution in [1.82, 2.24) is 10.2 Å². The highest BCUT2D eigenvalue weighted by atomic mass is 32.2. The van der Waals surface area contributed by atoms with Crippen LogP contribution in [0.1, 0.15) is 32.3 Å². The van der Waals surface area contributed by atoms with Crippen molar-refractivity contribution in [2.75, 3.05) is 23.7 Å². The standard InChI is InChI=1S/C23H29F2N3O4S/c1-4-14-26-23(30)20(5-2)27(15-17-10-12-18(24)13-11-17)22(29)16-28(33(3,31)32)21-9-7-6-8-19(21)25/h6-13,20H,4-5,14-16H2,1-3H3,(H,26,30). The van der Waals surface area contributed by atoms with E-state index in [9.17, 15) is 26.8 Å². The van der Waals surface area contributed by atoms with Crippen LogP contribution in [0.15, 0.2) is 48.5 Å². The molecule has 0 fully saturated rings. The molecule has 1 atom stereocenters. The van der Waals surface area contributed by atoms with E-state index in [1.54, 1.807) is 6.92 Å². The van der Waals surface area contributed by atoms with Gasteiger partial charge in [0.05, 0.1) is 11.9 Å². The molecule has 0 saturated carbocycles. The Labute approximate surface area is 193 Å². The summed E-state index contributed by atoms with van der Waals surface area (Å²) in [7, 11) is -4.02. The molecular weight excluding hydrogens is 452 g/mol. The van der Waals surface area contributed by atoms with E-state index in [0.29, 0.717) is 22.8 Å². The quantitative estimate of drug-likeness (QED) is 0.535. The first-order chi connectivity index (χ1) is 15.6. The van der Waals surface area contributed by atoms with Gasteiger partial charge in [-0.05, 0) is 42.7 Å². The van der Waals surface area contributed by atoms with Crippen LogP contribution < -0.4 is 9.62 Å². The zero-order valence-electron chi connectivity index (χ0n) is 18.9. The van der Waals surface area contributed by atoms with Crippen molar-refractivity contribution in [2.24, 2.45) is 0 Å². The van der Waals surface area contributed by atoms with Crippen LogP contribution in [0.25, 0.3) is 0 Å². The molecule has 0 bridgehead atoms. The third-order valence-corrected chi connectivity index (χ3v) is 6.13. The van der Waals surface area contributed by atoms with E-state index in [-0.39, 0.29) is 24.6 Å². The molecule has 0 aromatic heterocycles. The van der Waals surface area contributed by atoms with E-state index in [4.69, 9.17) is 0 Å². The molecule has 1 N–H and O–H groups in total. The van der Waals surface area contributed by atoms with Crippen molar-refractivity contribution >= 4 is 27.5 Å². The summed E-state index contributed by atoms with van der Waals surface area (Å²) < 4.78 is 53.2. The minimum Gasteiger partial charge on any atom is -0.354 e. The van der Waals surface area contributed by atoms with Gasteiger partial charge in [-0.25, -0.2) is 17.2 Å². The van der Waals surface area contributed by atoms with Gasteiger partial charge in [0.15, 0.2) is 0 Å². The molecule has 0 spiro atoms. The number of nitrogens with zero attached hydrogens (tertiary/aromatic N) is 2. The second kappa shape index (κ2) is 11.7. The van der Waals surface area contributed by atoms with E-state index in [0.717, 1.165) is 12.3 Å². The first-order valence-corrected chi connectivity index (χ1v) is 12.5. The molecule has 2 amide bonds. The van der Waals surface area contributed by atoms with Crippen LogP contribution in [-0.4, -0.2) is 50.5 Å². The summed E-state index contributed by atoms with van der Waals surface area (Å²) in [6, 6.07) is 9.78. The number of para-hydroxylation sites is 1. The Morgan fingerprint density at radius 1 is 1.03 bits per heavy atom. The maximum atomic E-state index is 14.4. The SMILES string of the molecule is CCCNC(=O)C(CC)N(Cc1ccc(F)cc1)C(=O)CN(c1ccccc1F)S(C)(=O)=O. The summed E-state index contributed by atoms with van der Waals surface area (Å²) in [5, 5.41) is 2.75. The highest BCUT2D eigenvalue weighted by Gasteiger charge is 2.32. The number of hydrogen-bond acceptors (Lipinski definition) is 4. The van der Waals surface area contributed by atoms with E-state index >= 15 is 0 Å². The normalized spacial score (nSPS) is 12.2. The van der Waals surface area contributed by atoms with Crippen molar-refractivity contribution in [3.05, 3.63) is 65.7 Å². The molecule has 0 saturated heterocycles. The molecule has 0 aliphatic rings. The van der Waals surface area contributed by atoms with Crippen LogP contribution in [0.5, 0.6) is 0 Å². The number of carbonyl (C=O) groups excluding carboxylic acids is 2. The molecule has 2 aromatic rings. The summed E-state index contributed by atoms with van der Waals surface area (Å²) in [4.78, 5) is 27.4. The van der Waals surface area contributed by atoms with Gasteiger partial charge in [0.1, 0.15) is 24.2 Å². The topological polar surface area (TPSA) is 86.8 Å². The van der Waals surface area contributed by atoms with Crippen LogP contribution in [0, 0.1) is 11.6 Å². The number of hydrogen-bond donors (Lipinski definition) is 1. The molecule has 0 radical (unpaired) electrons. The second-order valence-electron chi connectivity index (χ2n) is 7.58. The molecule has 7 nitrogen and oxygen atoms in total. The summed E-state index contributed by atoms with van der Waals surface area (Å²) in [6.07, 6.45) is 1.84. The summed E-state index contributed by atoms with van der Waals surface area (Å²) in [6.45, 7) is 3.29. The van der Waals surface area contributed by atoms with Gasteiger partial charge in [-0.1, -0.05) is 38.1 Å². The number of carbonyl (C=O) groups is 2. The zero-order chi connectivity index (χ0) is 24.6. The lowest BCUT2D eigenvalue weighted by Gasteiger charge is -2.33. The predicted octanol–water partition coefficient (Wildman–Crippen LogP) is 3.06. The number of anilines is 1. The van der Waals surface area contributed by atoms with Crippen molar-refractivity contribution in [2.45, 2.75) is 39.3 Å². The molecule has 2 rings (SSSR count). The van der Waals surface area contributed by atoms with Crippen LogP contribution in [0.2, 0.25) is 0 Å². The summed E-state index contributed by atoms with van der Waals surface area (Å²) >= 11 is 0. The van der Waals surface area contributed by atoms with Gasteiger partial charge in [-0.15, -0.1) is 0 Å². The number of benzene rings is 2. The van der Waals surface area contributed by atoms with Crippen LogP contribution in [0.4, 0.5) is 14.5 Å². The molecule has 0 aliphatic carbocycles. The van der Waals surface area contributed by atoms with E-state index in [1.807, 2.05) is 6.92 Å². The third-order valence-electron chi connectivity index (χ3n) is 5.00. The fourth-order valence-corrected chi connectivity index (χ4v) is 4.17. The molecular formula is C23H29F2N3O4S.